The second kappa shape index (κ2) is 6.12. The zero-order chi connectivity index (χ0) is 15.5. The molecule has 1 aromatic heterocycles. The van der Waals surface area contributed by atoms with E-state index in [0.717, 1.165) is 17.9 Å². The number of para-hydroxylation sites is 1. The largest absolute Gasteiger partial charge is 0.350 e. The number of nitrogens with zero attached hydrogens (tertiary/aromatic N) is 2. The van der Waals surface area contributed by atoms with Gasteiger partial charge in [0.15, 0.2) is 0 Å². The summed E-state index contributed by atoms with van der Waals surface area (Å²) in [4.78, 5) is 8.81. The van der Waals surface area contributed by atoms with Crippen molar-refractivity contribution >= 4 is 17.5 Å². The van der Waals surface area contributed by atoms with Crippen LogP contribution in [0.3, 0.4) is 0 Å². The predicted molar refractivity (Wildman–Crippen MR) is 89.2 cm³/mol. The molecule has 21 heavy (non-hydrogen) atoms. The molecule has 0 radical (unpaired) electrons. The minimum Gasteiger partial charge on any atom is -0.350 e. The van der Waals surface area contributed by atoms with E-state index in [0.29, 0.717) is 5.95 Å². The molecule has 2 N–H and O–H groups in total. The average molecular weight is 284 g/mol. The Labute approximate surface area is 127 Å². The van der Waals surface area contributed by atoms with Gasteiger partial charge in [-0.2, -0.15) is 4.98 Å². The van der Waals surface area contributed by atoms with E-state index in [1.54, 1.807) is 6.20 Å². The summed E-state index contributed by atoms with van der Waals surface area (Å²) < 4.78 is 0. The third-order valence-corrected chi connectivity index (χ3v) is 3.14. The smallest absolute Gasteiger partial charge is 0.225 e. The lowest BCUT2D eigenvalue weighted by atomic mass is 10.1. The van der Waals surface area contributed by atoms with Crippen molar-refractivity contribution in [1.82, 2.24) is 9.97 Å². The second-order valence-electron chi connectivity index (χ2n) is 6.23. The summed E-state index contributed by atoms with van der Waals surface area (Å²) in [6.07, 6.45) is 2.76. The number of rotatable bonds is 4. The van der Waals surface area contributed by atoms with Gasteiger partial charge in [-0.1, -0.05) is 25.1 Å². The lowest BCUT2D eigenvalue weighted by Crippen LogP contribution is -2.27. The third kappa shape index (κ3) is 4.18. The molecule has 1 heterocycles. The van der Waals surface area contributed by atoms with Gasteiger partial charge in [0.25, 0.3) is 0 Å². The molecule has 0 aliphatic rings. The van der Waals surface area contributed by atoms with E-state index in [4.69, 9.17) is 0 Å². The van der Waals surface area contributed by atoms with Gasteiger partial charge in [0.05, 0.1) is 0 Å². The quantitative estimate of drug-likeness (QED) is 0.878. The highest BCUT2D eigenvalue weighted by Crippen LogP contribution is 2.25. The van der Waals surface area contributed by atoms with E-state index in [1.165, 1.54) is 11.1 Å². The summed E-state index contributed by atoms with van der Waals surface area (Å²) in [5.74, 6) is 1.44. The number of benzene rings is 1. The van der Waals surface area contributed by atoms with Gasteiger partial charge in [0.1, 0.15) is 5.82 Å². The Bertz CT molecular complexity index is 614. The normalized spacial score (nSPS) is 11.3. The minimum atomic E-state index is -0.0597. The Morgan fingerprint density at radius 1 is 1.14 bits per heavy atom. The Morgan fingerprint density at radius 3 is 2.57 bits per heavy atom. The van der Waals surface area contributed by atoms with Crippen LogP contribution in [0.15, 0.2) is 30.5 Å². The van der Waals surface area contributed by atoms with Crippen molar-refractivity contribution in [2.45, 2.75) is 46.6 Å². The molecule has 4 nitrogen and oxygen atoms in total. The molecule has 0 bridgehead atoms. The number of hydrogen-bond acceptors (Lipinski definition) is 4. The molecule has 0 atom stereocenters. The maximum Gasteiger partial charge on any atom is 0.225 e. The average Bonchev–Trinajstić information content (AvgIpc) is 2.39. The van der Waals surface area contributed by atoms with Crippen molar-refractivity contribution in [3.63, 3.8) is 0 Å². The number of nitrogens with one attached hydrogen (secondary N) is 2. The first-order valence-corrected chi connectivity index (χ1v) is 7.36. The van der Waals surface area contributed by atoms with Crippen LogP contribution in [0, 0.1) is 6.92 Å². The van der Waals surface area contributed by atoms with E-state index in [2.05, 4.69) is 73.4 Å². The number of aryl methyl sites for hydroxylation is 2. The summed E-state index contributed by atoms with van der Waals surface area (Å²) in [6, 6.07) is 8.23. The van der Waals surface area contributed by atoms with Crippen LogP contribution < -0.4 is 10.6 Å². The van der Waals surface area contributed by atoms with Gasteiger partial charge in [-0.15, -0.1) is 0 Å². The monoisotopic (exact) mass is 284 g/mol. The van der Waals surface area contributed by atoms with Crippen molar-refractivity contribution in [2.75, 3.05) is 10.6 Å². The first-order valence-electron chi connectivity index (χ1n) is 7.36. The summed E-state index contributed by atoms with van der Waals surface area (Å²) in [5, 5.41) is 6.72. The van der Waals surface area contributed by atoms with Gasteiger partial charge in [0.2, 0.25) is 5.95 Å². The molecule has 112 valence electrons. The summed E-state index contributed by atoms with van der Waals surface area (Å²) in [7, 11) is 0. The van der Waals surface area contributed by atoms with E-state index >= 15 is 0 Å². The lowest BCUT2D eigenvalue weighted by Gasteiger charge is -2.21. The number of anilines is 3. The molecule has 0 fully saturated rings. The maximum atomic E-state index is 4.54. The topological polar surface area (TPSA) is 49.8 Å². The molecule has 2 aromatic rings. The highest BCUT2D eigenvalue weighted by atomic mass is 15.2. The van der Waals surface area contributed by atoms with Crippen LogP contribution in [0.5, 0.6) is 0 Å². The maximum absolute atomic E-state index is 4.54. The zero-order valence-corrected chi connectivity index (χ0v) is 13.5. The number of hydrogen-bond donors (Lipinski definition) is 2. The zero-order valence-electron chi connectivity index (χ0n) is 13.5. The highest BCUT2D eigenvalue weighted by Gasteiger charge is 2.12. The number of aromatic nitrogens is 2. The first-order chi connectivity index (χ1) is 9.89. The van der Waals surface area contributed by atoms with Gasteiger partial charge >= 0.3 is 0 Å². The van der Waals surface area contributed by atoms with Crippen LogP contribution in [-0.2, 0) is 6.42 Å². The third-order valence-electron chi connectivity index (χ3n) is 3.14. The Morgan fingerprint density at radius 2 is 1.90 bits per heavy atom. The van der Waals surface area contributed by atoms with Crippen LogP contribution in [0.25, 0.3) is 0 Å². The van der Waals surface area contributed by atoms with E-state index in [1.807, 2.05) is 6.07 Å². The summed E-state index contributed by atoms with van der Waals surface area (Å²) in [5.41, 5.74) is 3.59. The molecule has 2 rings (SSSR count). The fraction of sp³-hybridized carbons (Fsp3) is 0.412. The SMILES string of the molecule is CCc1cccc(C)c1Nc1ccnc(NC(C)(C)C)n1. The molecular weight excluding hydrogens is 260 g/mol. The molecule has 1 aromatic carbocycles. The van der Waals surface area contributed by atoms with Gasteiger partial charge in [-0.05, 0) is 51.3 Å². The lowest BCUT2D eigenvalue weighted by molar-refractivity contribution is 0.626. The molecule has 0 amide bonds. The summed E-state index contributed by atoms with van der Waals surface area (Å²) >= 11 is 0. The molecule has 0 spiro atoms. The molecule has 0 saturated heterocycles. The highest BCUT2D eigenvalue weighted by molar-refractivity contribution is 5.65. The van der Waals surface area contributed by atoms with Crippen LogP contribution in [-0.4, -0.2) is 15.5 Å². The van der Waals surface area contributed by atoms with Crippen LogP contribution >= 0.6 is 0 Å². The second-order valence-corrected chi connectivity index (χ2v) is 6.23. The van der Waals surface area contributed by atoms with E-state index < -0.39 is 0 Å². The molecule has 0 aliphatic heterocycles. The van der Waals surface area contributed by atoms with Crippen molar-refractivity contribution in [2.24, 2.45) is 0 Å². The molecular formula is C17H24N4. The Kier molecular flexibility index (Phi) is 4.46. The van der Waals surface area contributed by atoms with Gasteiger partial charge in [-0.3, -0.25) is 0 Å². The van der Waals surface area contributed by atoms with E-state index in [-0.39, 0.29) is 5.54 Å². The van der Waals surface area contributed by atoms with Crippen molar-refractivity contribution in [3.8, 4) is 0 Å². The molecule has 0 aliphatic carbocycles. The fourth-order valence-corrected chi connectivity index (χ4v) is 2.15. The Balaban J connectivity index is 2.26. The van der Waals surface area contributed by atoms with Crippen molar-refractivity contribution in [1.29, 1.82) is 0 Å². The predicted octanol–water partition coefficient (Wildman–Crippen LogP) is 4.30. The fourth-order valence-electron chi connectivity index (χ4n) is 2.15. The standard InChI is InChI=1S/C17H24N4/c1-6-13-9-7-8-12(2)15(13)19-14-10-11-18-16(20-14)21-17(3,4)5/h7-11H,6H2,1-5H3,(H2,18,19,20,21). The van der Waals surface area contributed by atoms with E-state index in [9.17, 15) is 0 Å². The molecule has 0 unspecified atom stereocenters. The molecule has 4 heteroatoms. The summed E-state index contributed by atoms with van der Waals surface area (Å²) in [6.45, 7) is 10.5. The van der Waals surface area contributed by atoms with Gasteiger partial charge < -0.3 is 10.6 Å². The van der Waals surface area contributed by atoms with Crippen LogP contribution in [0.2, 0.25) is 0 Å². The van der Waals surface area contributed by atoms with Crippen LogP contribution in [0.1, 0.15) is 38.8 Å². The Hall–Kier alpha value is -2.10. The van der Waals surface area contributed by atoms with Crippen LogP contribution in [0.4, 0.5) is 17.5 Å². The molecule has 0 saturated carbocycles. The minimum absolute atomic E-state index is 0.0597. The van der Waals surface area contributed by atoms with Gasteiger partial charge in [-0.25, -0.2) is 4.98 Å². The van der Waals surface area contributed by atoms with Crippen molar-refractivity contribution in [3.05, 3.63) is 41.6 Å². The first kappa shape index (κ1) is 15.3. The van der Waals surface area contributed by atoms with Crippen molar-refractivity contribution < 1.29 is 0 Å². The van der Waals surface area contributed by atoms with Gasteiger partial charge in [0, 0.05) is 17.4 Å².